The van der Waals surface area contributed by atoms with Gasteiger partial charge in [0.25, 0.3) is 0 Å². The molecule has 2 heterocycles. The number of hydrogen-bond acceptors (Lipinski definition) is 2. The molecule has 14 heavy (non-hydrogen) atoms. The summed E-state index contributed by atoms with van der Waals surface area (Å²) in [7, 11) is 0. The summed E-state index contributed by atoms with van der Waals surface area (Å²) in [6.07, 6.45) is 9.19. The third kappa shape index (κ3) is 0.621. The summed E-state index contributed by atoms with van der Waals surface area (Å²) in [5, 5.41) is 0. The largest absolute Gasteiger partial charge is 0.366 e. The molecule has 2 aliphatic heterocycles. The number of ether oxygens (including phenoxy) is 1. The Bertz CT molecular complexity index is 346. The molecule has 0 N–H and O–H groups in total. The zero-order valence-corrected chi connectivity index (χ0v) is 8.11. The van der Waals surface area contributed by atoms with Crippen LogP contribution >= 0.6 is 0 Å². The molecule has 0 aromatic carbocycles. The van der Waals surface area contributed by atoms with E-state index in [1.807, 2.05) is 0 Å². The third-order valence-electron chi connectivity index (χ3n) is 4.86. The number of ketones is 1. The normalized spacial score (nSPS) is 58.1. The summed E-state index contributed by atoms with van der Waals surface area (Å²) in [6, 6.07) is 0. The molecule has 0 radical (unpaired) electrons. The highest BCUT2D eigenvalue weighted by Crippen LogP contribution is 2.62. The van der Waals surface area contributed by atoms with Crippen LogP contribution in [0.25, 0.3) is 0 Å². The van der Waals surface area contributed by atoms with Gasteiger partial charge in [0.1, 0.15) is 5.78 Å². The molecule has 3 fully saturated rings. The van der Waals surface area contributed by atoms with Gasteiger partial charge in [-0.1, -0.05) is 12.2 Å². The molecular formula is C12H14O2. The topological polar surface area (TPSA) is 26.3 Å². The second kappa shape index (κ2) is 2.13. The van der Waals surface area contributed by atoms with E-state index in [9.17, 15) is 4.79 Å². The number of carbonyl (C=O) groups is 1. The lowest BCUT2D eigenvalue weighted by molar-refractivity contribution is -0.134. The summed E-state index contributed by atoms with van der Waals surface area (Å²) in [6.45, 7) is 0. The molecule has 74 valence electrons. The standard InChI is InChI=1S/C12H14O2/c13-11-7-1-2-8(5-7)12(11)6-9-3-4-10(12)14-9/h3-4,7-10H,1-2,5-6H2/t7?,8-,9-,10+,12?/m0/s1. The number of Topliss-reactive ketones (excluding diaryl/α,β-unsaturated/α-hetero) is 1. The molecule has 2 heteroatoms. The van der Waals surface area contributed by atoms with Crippen LogP contribution in [0.5, 0.6) is 0 Å². The van der Waals surface area contributed by atoms with E-state index in [0.29, 0.717) is 17.6 Å². The molecule has 2 unspecified atom stereocenters. The summed E-state index contributed by atoms with van der Waals surface area (Å²) in [4.78, 5) is 12.3. The van der Waals surface area contributed by atoms with E-state index in [-0.39, 0.29) is 17.6 Å². The maximum Gasteiger partial charge on any atom is 0.145 e. The molecule has 0 aromatic rings. The lowest BCUT2D eigenvalue weighted by Crippen LogP contribution is -2.43. The monoisotopic (exact) mass is 190 g/mol. The quantitative estimate of drug-likeness (QED) is 0.543. The first-order chi connectivity index (χ1) is 6.80. The summed E-state index contributed by atoms with van der Waals surface area (Å²) in [5.41, 5.74) is -0.0671. The first-order valence-corrected chi connectivity index (χ1v) is 5.69. The van der Waals surface area contributed by atoms with Crippen LogP contribution in [0.2, 0.25) is 0 Å². The average Bonchev–Trinajstić information content (AvgIpc) is 2.91. The predicted octanol–water partition coefficient (Wildman–Crippen LogP) is 1.70. The van der Waals surface area contributed by atoms with E-state index in [1.54, 1.807) is 0 Å². The van der Waals surface area contributed by atoms with Crippen molar-refractivity contribution in [2.75, 3.05) is 0 Å². The Morgan fingerprint density at radius 1 is 1.36 bits per heavy atom. The number of carbonyl (C=O) groups excluding carboxylic acids is 1. The Hall–Kier alpha value is -0.630. The molecule has 4 aliphatic rings. The first kappa shape index (κ1) is 7.63. The van der Waals surface area contributed by atoms with Gasteiger partial charge in [-0.05, 0) is 31.6 Å². The maximum atomic E-state index is 12.3. The zero-order chi connectivity index (χ0) is 9.34. The van der Waals surface area contributed by atoms with Gasteiger partial charge in [0.2, 0.25) is 0 Å². The van der Waals surface area contributed by atoms with Crippen molar-refractivity contribution in [3.8, 4) is 0 Å². The highest BCUT2D eigenvalue weighted by Gasteiger charge is 2.65. The highest BCUT2D eigenvalue weighted by molar-refractivity contribution is 5.92. The van der Waals surface area contributed by atoms with Crippen molar-refractivity contribution >= 4 is 5.78 Å². The van der Waals surface area contributed by atoms with Gasteiger partial charge < -0.3 is 4.74 Å². The van der Waals surface area contributed by atoms with Gasteiger partial charge in [-0.3, -0.25) is 4.79 Å². The van der Waals surface area contributed by atoms with Gasteiger partial charge in [-0.2, -0.15) is 0 Å². The van der Waals surface area contributed by atoms with E-state index >= 15 is 0 Å². The molecule has 0 amide bonds. The molecule has 2 saturated carbocycles. The van der Waals surface area contributed by atoms with Gasteiger partial charge in [0.05, 0.1) is 17.6 Å². The van der Waals surface area contributed by atoms with Crippen LogP contribution in [-0.4, -0.2) is 18.0 Å². The zero-order valence-electron chi connectivity index (χ0n) is 8.11. The van der Waals surface area contributed by atoms with Crippen molar-refractivity contribution < 1.29 is 9.53 Å². The molecule has 2 aliphatic carbocycles. The Labute approximate surface area is 83.3 Å². The number of fused-ring (bicyclic) bond motifs is 6. The van der Waals surface area contributed by atoms with Gasteiger partial charge in [0, 0.05) is 5.92 Å². The van der Waals surface area contributed by atoms with Gasteiger partial charge in [-0.15, -0.1) is 0 Å². The molecule has 5 atom stereocenters. The van der Waals surface area contributed by atoms with Crippen molar-refractivity contribution in [3.63, 3.8) is 0 Å². The smallest absolute Gasteiger partial charge is 0.145 e. The van der Waals surface area contributed by atoms with Gasteiger partial charge in [0.15, 0.2) is 0 Å². The Balaban J connectivity index is 1.84. The fourth-order valence-electron chi connectivity index (χ4n) is 4.27. The predicted molar refractivity (Wildman–Crippen MR) is 50.7 cm³/mol. The average molecular weight is 190 g/mol. The van der Waals surface area contributed by atoms with E-state index in [2.05, 4.69) is 12.2 Å². The minimum absolute atomic E-state index is 0.0671. The van der Waals surface area contributed by atoms with Crippen molar-refractivity contribution in [2.24, 2.45) is 17.3 Å². The maximum absolute atomic E-state index is 12.3. The van der Waals surface area contributed by atoms with Gasteiger partial charge >= 0.3 is 0 Å². The molecule has 1 saturated heterocycles. The molecule has 0 aromatic heterocycles. The van der Waals surface area contributed by atoms with Gasteiger partial charge in [-0.25, -0.2) is 0 Å². The second-order valence-electron chi connectivity index (χ2n) is 5.30. The van der Waals surface area contributed by atoms with E-state index in [4.69, 9.17) is 4.74 Å². The SMILES string of the molecule is O=C1C2CC[C@@H](C2)C12C[C@@H]1C=C[C@H]2O1. The molecular weight excluding hydrogens is 176 g/mol. The van der Waals surface area contributed by atoms with Crippen LogP contribution in [0.15, 0.2) is 12.2 Å². The molecule has 2 nitrogen and oxygen atoms in total. The van der Waals surface area contributed by atoms with Crippen molar-refractivity contribution in [2.45, 2.75) is 37.9 Å². The summed E-state index contributed by atoms with van der Waals surface area (Å²) < 4.78 is 5.80. The minimum atomic E-state index is -0.0671. The third-order valence-corrected chi connectivity index (χ3v) is 4.86. The first-order valence-electron chi connectivity index (χ1n) is 5.69. The summed E-state index contributed by atoms with van der Waals surface area (Å²) >= 11 is 0. The lowest BCUT2D eigenvalue weighted by atomic mass is 9.65. The lowest BCUT2D eigenvalue weighted by Gasteiger charge is -2.35. The van der Waals surface area contributed by atoms with Crippen LogP contribution in [0, 0.1) is 17.3 Å². The second-order valence-corrected chi connectivity index (χ2v) is 5.30. The Kier molecular flexibility index (Phi) is 1.16. The van der Waals surface area contributed by atoms with E-state index < -0.39 is 0 Å². The van der Waals surface area contributed by atoms with Crippen LogP contribution < -0.4 is 0 Å². The summed E-state index contributed by atoms with van der Waals surface area (Å²) in [5.74, 6) is 1.56. The number of rotatable bonds is 0. The molecule has 1 spiro atoms. The Morgan fingerprint density at radius 3 is 2.86 bits per heavy atom. The van der Waals surface area contributed by atoms with E-state index in [0.717, 1.165) is 19.3 Å². The number of hydrogen-bond donors (Lipinski definition) is 0. The van der Waals surface area contributed by atoms with Crippen LogP contribution in [-0.2, 0) is 9.53 Å². The highest BCUT2D eigenvalue weighted by atomic mass is 16.5. The van der Waals surface area contributed by atoms with E-state index in [1.165, 1.54) is 6.42 Å². The fourth-order valence-corrected chi connectivity index (χ4v) is 4.27. The van der Waals surface area contributed by atoms with Crippen LogP contribution in [0.3, 0.4) is 0 Å². The van der Waals surface area contributed by atoms with Crippen LogP contribution in [0.1, 0.15) is 25.7 Å². The molecule has 4 bridgehead atoms. The van der Waals surface area contributed by atoms with Crippen molar-refractivity contribution in [1.82, 2.24) is 0 Å². The van der Waals surface area contributed by atoms with Crippen LogP contribution in [0.4, 0.5) is 0 Å². The fraction of sp³-hybridized carbons (Fsp3) is 0.750. The molecule has 4 rings (SSSR count). The van der Waals surface area contributed by atoms with Crippen molar-refractivity contribution in [1.29, 1.82) is 0 Å². The minimum Gasteiger partial charge on any atom is -0.366 e. The van der Waals surface area contributed by atoms with Crippen molar-refractivity contribution in [3.05, 3.63) is 12.2 Å². The Morgan fingerprint density at radius 2 is 2.29 bits per heavy atom.